The van der Waals surface area contributed by atoms with Gasteiger partial charge in [-0.15, -0.1) is 0 Å². The quantitative estimate of drug-likeness (QED) is 0.547. The average Bonchev–Trinajstić information content (AvgIpc) is 2.99. The number of nitrogens with zero attached hydrogens (tertiary/aromatic N) is 1. The first kappa shape index (κ1) is 19.0. The minimum absolute atomic E-state index is 0.0416. The lowest BCUT2D eigenvalue weighted by atomic mass is 9.44. The molecule has 0 N–H and O–H groups in total. The number of ether oxygens (including phenoxy) is 1. The third-order valence-electron chi connectivity index (χ3n) is 6.01. The maximum absolute atomic E-state index is 12.7. The summed E-state index contributed by atoms with van der Waals surface area (Å²) in [5.41, 5.74) is 0.606. The van der Waals surface area contributed by atoms with Gasteiger partial charge in [0.15, 0.2) is 0 Å². The van der Waals surface area contributed by atoms with Crippen molar-refractivity contribution in [2.75, 3.05) is 0 Å². The molecule has 4 heteroatoms. The molecule has 1 aromatic heterocycles. The Balaban J connectivity index is 2.01. The van der Waals surface area contributed by atoms with Crippen molar-refractivity contribution in [3.8, 4) is 0 Å². The first-order valence-electron chi connectivity index (χ1n) is 9.35. The molecule has 1 atom stereocenters. The Bertz CT molecular complexity index is 552. The van der Waals surface area contributed by atoms with E-state index in [-0.39, 0.29) is 16.9 Å². The van der Waals surface area contributed by atoms with E-state index in [4.69, 9.17) is 4.74 Å². The molecule has 1 fully saturated rings. The molecule has 24 heavy (non-hydrogen) atoms. The van der Waals surface area contributed by atoms with Gasteiger partial charge in [0.25, 0.3) is 0 Å². The zero-order chi connectivity index (χ0) is 17.8. The summed E-state index contributed by atoms with van der Waals surface area (Å²) in [6.45, 7) is 10.6. The van der Waals surface area contributed by atoms with Crippen molar-refractivity contribution in [2.24, 2.45) is 5.41 Å². The van der Waals surface area contributed by atoms with E-state index >= 15 is 0 Å². The molecule has 0 aliphatic heterocycles. The molecule has 0 aromatic carbocycles. The van der Waals surface area contributed by atoms with Gasteiger partial charge in [0, 0.05) is 12.4 Å². The second kappa shape index (κ2) is 7.29. The number of carbonyl (C=O) groups excluding carboxylic acids is 1. The molecule has 0 spiro atoms. The molecule has 1 unspecified atom stereocenters. The Morgan fingerprint density at radius 3 is 2.38 bits per heavy atom. The number of pyridine rings is 1. The maximum atomic E-state index is 12.7. The zero-order valence-corrected chi connectivity index (χ0v) is 16.0. The van der Waals surface area contributed by atoms with Crippen LogP contribution in [0.3, 0.4) is 0 Å². The van der Waals surface area contributed by atoms with Crippen molar-refractivity contribution in [2.45, 2.75) is 84.0 Å². The fourth-order valence-corrected chi connectivity index (χ4v) is 3.56. The van der Waals surface area contributed by atoms with E-state index in [9.17, 15) is 4.79 Å². The van der Waals surface area contributed by atoms with Crippen LogP contribution in [0.2, 0.25) is 6.32 Å². The summed E-state index contributed by atoms with van der Waals surface area (Å²) in [6, 6.07) is 4.18. The van der Waals surface area contributed by atoms with Gasteiger partial charge in [-0.2, -0.15) is 0 Å². The Kier molecular flexibility index (Phi) is 5.77. The Labute approximate surface area is 147 Å². The molecule has 1 heterocycles. The Morgan fingerprint density at radius 1 is 1.25 bits per heavy atom. The monoisotopic (exact) mass is 329 g/mol. The standard InChI is InChI=1S/C20H32BNO2/c1-6-20(5,16-9-13-22-14-10-16)21-15-18(2,3)17(23)24-19(4)11-7-8-12-19/h9-10,13-14,21H,6-8,11-12,15H2,1-5H3. The van der Waals surface area contributed by atoms with Crippen LogP contribution < -0.4 is 0 Å². The fourth-order valence-electron chi connectivity index (χ4n) is 3.56. The largest absolute Gasteiger partial charge is 0.459 e. The molecule has 1 aliphatic rings. The lowest BCUT2D eigenvalue weighted by Crippen LogP contribution is -2.39. The van der Waals surface area contributed by atoms with Gasteiger partial charge in [0.05, 0.1) is 5.41 Å². The summed E-state index contributed by atoms with van der Waals surface area (Å²) in [5, 5.41) is 0.0672. The molecule has 1 aromatic rings. The highest BCUT2D eigenvalue weighted by Crippen LogP contribution is 2.37. The molecule has 2 rings (SSSR count). The van der Waals surface area contributed by atoms with Crippen LogP contribution in [0.1, 0.15) is 72.3 Å². The van der Waals surface area contributed by atoms with Crippen LogP contribution in [-0.2, 0) is 14.8 Å². The van der Waals surface area contributed by atoms with Crippen LogP contribution in [0.15, 0.2) is 24.5 Å². The van der Waals surface area contributed by atoms with Gasteiger partial charge in [0.1, 0.15) is 12.9 Å². The van der Waals surface area contributed by atoms with E-state index in [1.807, 2.05) is 26.2 Å². The summed E-state index contributed by atoms with van der Waals surface area (Å²) < 4.78 is 5.92. The van der Waals surface area contributed by atoms with E-state index in [2.05, 4.69) is 37.9 Å². The molecule has 3 nitrogen and oxygen atoms in total. The maximum Gasteiger partial charge on any atom is 0.311 e. The number of esters is 1. The van der Waals surface area contributed by atoms with E-state index in [0.717, 1.165) is 32.9 Å². The van der Waals surface area contributed by atoms with Crippen LogP contribution >= 0.6 is 0 Å². The average molecular weight is 329 g/mol. The minimum Gasteiger partial charge on any atom is -0.459 e. The lowest BCUT2D eigenvalue weighted by molar-refractivity contribution is -0.167. The van der Waals surface area contributed by atoms with Gasteiger partial charge < -0.3 is 4.74 Å². The number of rotatable bonds is 7. The highest BCUT2D eigenvalue weighted by atomic mass is 16.6. The Morgan fingerprint density at radius 2 is 1.83 bits per heavy atom. The molecular formula is C20H32BNO2. The topological polar surface area (TPSA) is 39.2 Å². The highest BCUT2D eigenvalue weighted by molar-refractivity contribution is 6.40. The summed E-state index contributed by atoms with van der Waals surface area (Å²) >= 11 is 0. The van der Waals surface area contributed by atoms with Gasteiger partial charge in [-0.1, -0.05) is 40.4 Å². The van der Waals surface area contributed by atoms with Crippen molar-refractivity contribution >= 4 is 13.2 Å². The molecule has 0 saturated heterocycles. The number of carbonyl (C=O) groups is 1. The van der Waals surface area contributed by atoms with Gasteiger partial charge in [-0.25, -0.2) is 0 Å². The van der Waals surface area contributed by atoms with Gasteiger partial charge in [-0.05, 0) is 55.6 Å². The summed E-state index contributed by atoms with van der Waals surface area (Å²) in [4.78, 5) is 16.9. The van der Waals surface area contributed by atoms with Crippen molar-refractivity contribution in [1.82, 2.24) is 4.98 Å². The van der Waals surface area contributed by atoms with E-state index in [1.165, 1.54) is 18.4 Å². The molecule has 0 radical (unpaired) electrons. The van der Waals surface area contributed by atoms with Crippen LogP contribution in [-0.4, -0.2) is 23.8 Å². The summed E-state index contributed by atoms with van der Waals surface area (Å²) in [7, 11) is 0.965. The van der Waals surface area contributed by atoms with Gasteiger partial charge >= 0.3 is 5.97 Å². The number of aromatic nitrogens is 1. The first-order chi connectivity index (χ1) is 11.2. The smallest absolute Gasteiger partial charge is 0.311 e. The molecule has 132 valence electrons. The predicted octanol–water partition coefficient (Wildman–Crippen LogP) is 4.46. The van der Waals surface area contributed by atoms with Crippen molar-refractivity contribution in [1.29, 1.82) is 0 Å². The first-order valence-corrected chi connectivity index (χ1v) is 9.35. The molecular weight excluding hydrogens is 297 g/mol. The van der Waals surface area contributed by atoms with Gasteiger partial charge in [0.2, 0.25) is 0 Å². The third-order valence-corrected chi connectivity index (χ3v) is 6.01. The van der Waals surface area contributed by atoms with Crippen LogP contribution in [0.5, 0.6) is 0 Å². The zero-order valence-electron chi connectivity index (χ0n) is 16.0. The van der Waals surface area contributed by atoms with E-state index in [1.54, 1.807) is 0 Å². The minimum atomic E-state index is -0.449. The predicted molar refractivity (Wildman–Crippen MR) is 101 cm³/mol. The fraction of sp³-hybridized carbons (Fsp3) is 0.700. The normalized spacial score (nSPS) is 19.5. The van der Waals surface area contributed by atoms with Crippen LogP contribution in [0.4, 0.5) is 0 Å². The third kappa shape index (κ3) is 4.40. The number of hydrogen-bond acceptors (Lipinski definition) is 3. The van der Waals surface area contributed by atoms with E-state index < -0.39 is 5.41 Å². The second-order valence-electron chi connectivity index (χ2n) is 8.58. The van der Waals surface area contributed by atoms with Crippen molar-refractivity contribution < 1.29 is 9.53 Å². The number of hydrogen-bond donors (Lipinski definition) is 0. The molecule has 1 aliphatic carbocycles. The summed E-state index contributed by atoms with van der Waals surface area (Å²) in [6.07, 6.45) is 9.90. The van der Waals surface area contributed by atoms with Crippen molar-refractivity contribution in [3.05, 3.63) is 30.1 Å². The summed E-state index contributed by atoms with van der Waals surface area (Å²) in [5.74, 6) is -0.0416. The van der Waals surface area contributed by atoms with Crippen molar-refractivity contribution in [3.63, 3.8) is 0 Å². The molecule has 0 bridgehead atoms. The van der Waals surface area contributed by atoms with Crippen LogP contribution in [0, 0.1) is 5.41 Å². The second-order valence-corrected chi connectivity index (χ2v) is 8.58. The Hall–Kier alpha value is -1.32. The van der Waals surface area contributed by atoms with Gasteiger partial charge in [-0.3, -0.25) is 9.78 Å². The molecule has 1 saturated carbocycles. The van der Waals surface area contributed by atoms with E-state index in [0.29, 0.717) is 0 Å². The lowest BCUT2D eigenvalue weighted by Gasteiger charge is -2.34. The SMILES string of the molecule is CCC(C)(BCC(C)(C)C(=O)OC1(C)CCCC1)c1ccncc1. The molecule has 0 amide bonds. The highest BCUT2D eigenvalue weighted by Gasteiger charge is 2.39. The van der Waals surface area contributed by atoms with Crippen LogP contribution in [0.25, 0.3) is 0 Å².